The first-order valence-corrected chi connectivity index (χ1v) is 20.4. The monoisotopic (exact) mass is 786 g/mol. The van der Waals surface area contributed by atoms with Gasteiger partial charge in [0, 0.05) is 19.1 Å². The second kappa shape index (κ2) is 14.2. The molecule has 5 aromatic rings. The summed E-state index contributed by atoms with van der Waals surface area (Å²) < 4.78 is 4.81. The number of hydrogen-bond acceptors (Lipinski definition) is 7. The first-order valence-electron chi connectivity index (χ1n) is 20.4. The van der Waals surface area contributed by atoms with Gasteiger partial charge in [-0.2, -0.15) is 0 Å². The summed E-state index contributed by atoms with van der Waals surface area (Å²) >= 11 is 0. The van der Waals surface area contributed by atoms with Crippen molar-refractivity contribution < 1.29 is 29.0 Å². The fourth-order valence-corrected chi connectivity index (χ4v) is 9.65. The number of carboxylic acid groups (broad SMARTS) is 1. The van der Waals surface area contributed by atoms with Gasteiger partial charge in [-0.25, -0.2) is 19.6 Å². The lowest BCUT2D eigenvalue weighted by atomic mass is 10.00. The third-order valence-corrected chi connectivity index (χ3v) is 12.9. The molecule has 8 atom stereocenters. The van der Waals surface area contributed by atoms with E-state index >= 15 is 0 Å². The summed E-state index contributed by atoms with van der Waals surface area (Å²) in [4.78, 5) is 73.6. The lowest BCUT2D eigenvalue weighted by Gasteiger charge is -2.35. The number of likely N-dealkylation sites (N-methyl/N-ethyl adjacent to an activating group) is 1. The van der Waals surface area contributed by atoms with Crippen molar-refractivity contribution in [1.82, 2.24) is 40.0 Å². The molecule has 3 aromatic carbocycles. The quantitative estimate of drug-likeness (QED) is 0.116. The van der Waals surface area contributed by atoms with Crippen LogP contribution in [0.5, 0.6) is 0 Å². The fourth-order valence-electron chi connectivity index (χ4n) is 9.65. The molecule has 302 valence electrons. The number of rotatable bonds is 10. The Morgan fingerprint density at radius 3 is 1.62 bits per heavy atom. The largest absolute Gasteiger partial charge is 0.465 e. The summed E-state index contributed by atoms with van der Waals surface area (Å²) in [5.74, 6) is 1.82. The average molecular weight is 787 g/mol. The van der Waals surface area contributed by atoms with Crippen LogP contribution in [0.15, 0.2) is 60.7 Å². The van der Waals surface area contributed by atoms with Gasteiger partial charge in [0.1, 0.15) is 23.7 Å². The van der Waals surface area contributed by atoms with E-state index < -0.39 is 24.3 Å². The van der Waals surface area contributed by atoms with Crippen LogP contribution < -0.4 is 5.32 Å². The summed E-state index contributed by atoms with van der Waals surface area (Å²) in [7, 11) is 2.77. The molecule has 4 amide bonds. The normalized spacial score (nSPS) is 24.2. The van der Waals surface area contributed by atoms with Crippen LogP contribution in [0.4, 0.5) is 9.59 Å². The number of imidazole rings is 2. The lowest BCUT2D eigenvalue weighted by Crippen LogP contribution is -2.52. The van der Waals surface area contributed by atoms with Crippen molar-refractivity contribution in [2.24, 2.45) is 23.7 Å². The van der Waals surface area contributed by atoms with E-state index in [9.17, 15) is 24.3 Å². The van der Waals surface area contributed by atoms with Crippen LogP contribution in [0.1, 0.15) is 77.1 Å². The number of methoxy groups -OCH3 is 1. The zero-order valence-electron chi connectivity index (χ0n) is 33.6. The summed E-state index contributed by atoms with van der Waals surface area (Å²) in [6, 6.07) is 19.2. The molecule has 2 saturated heterocycles. The number of H-pyrrole nitrogens is 2. The Morgan fingerprint density at radius 1 is 0.724 bits per heavy atom. The zero-order valence-corrected chi connectivity index (χ0v) is 33.6. The summed E-state index contributed by atoms with van der Waals surface area (Å²) in [5, 5.41) is 12.4. The molecular weight excluding hydrogens is 737 g/mol. The number of piperidine rings is 2. The maximum absolute atomic E-state index is 13.9. The number of aromatic nitrogens is 4. The number of benzene rings is 3. The van der Waals surface area contributed by atoms with E-state index in [4.69, 9.17) is 14.7 Å². The van der Waals surface area contributed by atoms with Crippen LogP contribution in [0.2, 0.25) is 0 Å². The Kier molecular flexibility index (Phi) is 9.20. The fraction of sp³-hybridized carbons (Fsp3) is 0.455. The third kappa shape index (κ3) is 6.51. The topological polar surface area (TPSA) is 177 Å². The van der Waals surface area contributed by atoms with Crippen LogP contribution >= 0.6 is 0 Å². The Morgan fingerprint density at radius 2 is 1.19 bits per heavy atom. The van der Waals surface area contributed by atoms with Crippen LogP contribution in [0.25, 0.3) is 44.3 Å². The molecule has 4 N–H and O–H groups in total. The predicted molar refractivity (Wildman–Crippen MR) is 217 cm³/mol. The van der Waals surface area contributed by atoms with E-state index in [0.29, 0.717) is 11.8 Å². The Bertz CT molecular complexity index is 2440. The van der Waals surface area contributed by atoms with E-state index in [1.54, 1.807) is 0 Å². The molecule has 0 unspecified atom stereocenters. The molecule has 9 rings (SSSR count). The molecule has 4 fully saturated rings. The SMILES string of the molecule is COC(=O)N[C@H](C(=O)N1[C@@H]2C[C@H]2C[C@H]1c1nc2ccc(-c3ccc(-c4ccc5nc([C@@H]6C[C@H]7C[C@H]7N6C(=O)[C@H](C(C)C)N(C)C(=O)O)[nH]c5c4)cc3)cc2[nH]1)C(C)C. The van der Waals surface area contributed by atoms with Crippen molar-refractivity contribution >= 4 is 46.1 Å². The van der Waals surface area contributed by atoms with Crippen molar-refractivity contribution in [3.63, 3.8) is 0 Å². The van der Waals surface area contributed by atoms with Gasteiger partial charge in [0.15, 0.2) is 0 Å². The van der Waals surface area contributed by atoms with Gasteiger partial charge >= 0.3 is 12.2 Å². The number of fused-ring (bicyclic) bond motifs is 4. The van der Waals surface area contributed by atoms with Gasteiger partial charge in [-0.15, -0.1) is 0 Å². The zero-order chi connectivity index (χ0) is 40.7. The molecule has 0 bridgehead atoms. The second-order valence-electron chi connectivity index (χ2n) is 17.3. The molecule has 14 heteroatoms. The number of nitrogens with zero attached hydrogens (tertiary/aromatic N) is 5. The van der Waals surface area contributed by atoms with Gasteiger partial charge in [-0.1, -0.05) is 64.1 Å². The van der Waals surface area contributed by atoms with E-state index in [0.717, 1.165) is 86.6 Å². The number of carbonyl (C=O) groups is 4. The molecule has 0 radical (unpaired) electrons. The Hall–Kier alpha value is -5.92. The summed E-state index contributed by atoms with van der Waals surface area (Å²) in [5.41, 5.74) is 7.60. The highest BCUT2D eigenvalue weighted by Gasteiger charge is 2.57. The number of amides is 4. The second-order valence-corrected chi connectivity index (χ2v) is 17.3. The molecule has 0 spiro atoms. The molecule has 2 aliphatic carbocycles. The number of hydrogen-bond donors (Lipinski definition) is 4. The highest BCUT2D eigenvalue weighted by molar-refractivity contribution is 5.89. The minimum absolute atomic E-state index is 0.102. The maximum atomic E-state index is 13.9. The van der Waals surface area contributed by atoms with Crippen LogP contribution in [-0.2, 0) is 14.3 Å². The Labute approximate surface area is 336 Å². The number of carbonyl (C=O) groups excluding carboxylic acids is 3. The smallest absolute Gasteiger partial charge is 0.407 e. The van der Waals surface area contributed by atoms with Crippen LogP contribution in [-0.4, -0.2) is 102 Å². The minimum atomic E-state index is -1.11. The highest BCUT2D eigenvalue weighted by Crippen LogP contribution is 2.55. The highest BCUT2D eigenvalue weighted by atomic mass is 16.5. The minimum Gasteiger partial charge on any atom is -0.465 e. The van der Waals surface area contributed by atoms with Gasteiger partial charge in [-0.3, -0.25) is 14.5 Å². The molecule has 2 aromatic heterocycles. The first-order chi connectivity index (χ1) is 27.8. The van der Waals surface area contributed by atoms with Crippen LogP contribution in [0, 0.1) is 23.7 Å². The third-order valence-electron chi connectivity index (χ3n) is 12.9. The van der Waals surface area contributed by atoms with Crippen molar-refractivity contribution in [3.8, 4) is 22.3 Å². The van der Waals surface area contributed by atoms with Gasteiger partial charge in [0.2, 0.25) is 11.8 Å². The predicted octanol–water partition coefficient (Wildman–Crippen LogP) is 7.11. The molecular formula is C44H50N8O6. The first kappa shape index (κ1) is 37.6. The molecule has 4 aliphatic rings. The van der Waals surface area contributed by atoms with Gasteiger partial charge < -0.3 is 34.9 Å². The van der Waals surface area contributed by atoms with E-state index in [-0.39, 0.29) is 47.8 Å². The lowest BCUT2D eigenvalue weighted by molar-refractivity contribution is -0.140. The standard InChI is InChI=1S/C44H50N8O6/c1-21(2)37(49-43(55)58-6)41(53)51-33-17-27(33)19-35(51)39-45-29-13-11-25(15-31(29)47-39)23-7-9-24(10-8-23)26-12-14-30-32(16-26)48-40(46-30)36-20-28-18-34(28)52(36)42(54)38(22(3)4)50(5)44(56)57/h7-16,21-22,27-28,33-38H,17-20H2,1-6H3,(H,45,47)(H,46,48)(H,49,55)(H,56,57)/t27-,28+,33+,34+,35-,36-,37-,38-/m0/s1. The molecule has 2 saturated carbocycles. The summed E-state index contributed by atoms with van der Waals surface area (Å²) in [6.07, 6.45) is 1.84. The van der Waals surface area contributed by atoms with Gasteiger partial charge in [-0.05, 0) is 95.9 Å². The van der Waals surface area contributed by atoms with E-state index in [2.05, 4.69) is 63.8 Å². The molecule has 2 aliphatic heterocycles. The molecule has 14 nitrogen and oxygen atoms in total. The van der Waals surface area contributed by atoms with E-state index in [1.807, 2.05) is 49.6 Å². The van der Waals surface area contributed by atoms with Crippen LogP contribution in [0.3, 0.4) is 0 Å². The van der Waals surface area contributed by atoms with Crippen molar-refractivity contribution in [2.45, 2.75) is 89.6 Å². The van der Waals surface area contributed by atoms with Crippen molar-refractivity contribution in [2.75, 3.05) is 14.2 Å². The maximum Gasteiger partial charge on any atom is 0.407 e. The van der Waals surface area contributed by atoms with E-state index in [1.165, 1.54) is 14.2 Å². The van der Waals surface area contributed by atoms with Gasteiger partial charge in [0.05, 0.1) is 41.3 Å². The van der Waals surface area contributed by atoms with Gasteiger partial charge in [0.25, 0.3) is 0 Å². The van der Waals surface area contributed by atoms with Crippen molar-refractivity contribution in [3.05, 3.63) is 72.3 Å². The number of ether oxygens (including phenoxy) is 1. The number of alkyl carbamates (subject to hydrolysis) is 1. The molecule has 58 heavy (non-hydrogen) atoms. The average Bonchev–Trinajstić information content (AvgIpc) is 3.86. The Balaban J connectivity index is 0.922. The molecule has 4 heterocycles. The summed E-state index contributed by atoms with van der Waals surface area (Å²) in [6.45, 7) is 7.61. The number of nitrogens with one attached hydrogen (secondary N) is 3. The number of likely N-dealkylation sites (tertiary alicyclic amines) is 2. The van der Waals surface area contributed by atoms with Crippen molar-refractivity contribution in [1.29, 1.82) is 0 Å². The number of aromatic amines is 2.